The first-order valence-electron chi connectivity index (χ1n) is 9.85. The molecule has 1 unspecified atom stereocenters. The monoisotopic (exact) mass is 394 g/mol. The number of benzene rings is 3. The van der Waals surface area contributed by atoms with E-state index in [1.165, 1.54) is 0 Å². The van der Waals surface area contributed by atoms with Crippen LogP contribution in [0.1, 0.15) is 24.8 Å². The maximum atomic E-state index is 12.3. The standard InChI is InChI=1S/C24H26O5/c1-26-21-10-16-9-15(8-14-6-5-7-20(14)25)17-11-23(28-3)24(29-4)13-19(17)18(16)12-22(21)27-2/h9-14H,5-8H2,1-4H3. The minimum Gasteiger partial charge on any atom is -0.493 e. The highest BCUT2D eigenvalue weighted by molar-refractivity contribution is 6.11. The number of carbonyl (C=O) groups is 1. The lowest BCUT2D eigenvalue weighted by molar-refractivity contribution is -0.120. The largest absolute Gasteiger partial charge is 0.493 e. The van der Waals surface area contributed by atoms with Gasteiger partial charge in [0.2, 0.25) is 0 Å². The molecule has 0 aliphatic heterocycles. The zero-order valence-electron chi connectivity index (χ0n) is 17.3. The average Bonchev–Trinajstić information content (AvgIpc) is 3.16. The third-order valence-electron chi connectivity index (χ3n) is 5.94. The normalized spacial score (nSPS) is 16.4. The fourth-order valence-corrected chi connectivity index (χ4v) is 4.42. The van der Waals surface area contributed by atoms with Crippen molar-refractivity contribution in [1.29, 1.82) is 0 Å². The summed E-state index contributed by atoms with van der Waals surface area (Å²) in [5.74, 6) is 3.16. The summed E-state index contributed by atoms with van der Waals surface area (Å²) in [6.07, 6.45) is 3.36. The fraction of sp³-hybridized carbons (Fsp3) is 0.375. The van der Waals surface area contributed by atoms with Crippen molar-refractivity contribution in [3.05, 3.63) is 35.9 Å². The van der Waals surface area contributed by atoms with Crippen LogP contribution in [0.15, 0.2) is 30.3 Å². The summed E-state index contributed by atoms with van der Waals surface area (Å²) in [7, 11) is 6.54. The van der Waals surface area contributed by atoms with Crippen molar-refractivity contribution in [3.63, 3.8) is 0 Å². The van der Waals surface area contributed by atoms with Crippen molar-refractivity contribution in [2.45, 2.75) is 25.7 Å². The summed E-state index contributed by atoms with van der Waals surface area (Å²) in [5, 5.41) is 4.20. The van der Waals surface area contributed by atoms with Crippen molar-refractivity contribution >= 4 is 27.3 Å². The number of ketones is 1. The quantitative estimate of drug-likeness (QED) is 0.554. The highest BCUT2D eigenvalue weighted by Crippen LogP contribution is 2.42. The Morgan fingerprint density at radius 3 is 1.86 bits per heavy atom. The molecule has 1 fully saturated rings. The van der Waals surface area contributed by atoms with Gasteiger partial charge in [-0.3, -0.25) is 4.79 Å². The Morgan fingerprint density at radius 2 is 1.31 bits per heavy atom. The smallest absolute Gasteiger partial charge is 0.161 e. The van der Waals surface area contributed by atoms with Crippen LogP contribution in [-0.2, 0) is 11.2 Å². The van der Waals surface area contributed by atoms with E-state index in [0.717, 1.165) is 46.4 Å². The van der Waals surface area contributed by atoms with Crippen molar-refractivity contribution in [2.75, 3.05) is 28.4 Å². The van der Waals surface area contributed by atoms with Gasteiger partial charge < -0.3 is 18.9 Å². The predicted molar refractivity (Wildman–Crippen MR) is 114 cm³/mol. The van der Waals surface area contributed by atoms with Crippen LogP contribution in [0.25, 0.3) is 21.5 Å². The number of fused-ring (bicyclic) bond motifs is 3. The number of methoxy groups -OCH3 is 4. The van der Waals surface area contributed by atoms with E-state index in [-0.39, 0.29) is 5.92 Å². The molecule has 4 rings (SSSR count). The van der Waals surface area contributed by atoms with Crippen molar-refractivity contribution in [2.24, 2.45) is 5.92 Å². The number of hydrogen-bond acceptors (Lipinski definition) is 5. The number of hydrogen-bond donors (Lipinski definition) is 0. The minimum absolute atomic E-state index is 0.0869. The number of Topliss-reactive ketones (excluding diaryl/α,β-unsaturated/α-hetero) is 1. The molecule has 29 heavy (non-hydrogen) atoms. The molecule has 1 aliphatic rings. The van der Waals surface area contributed by atoms with Crippen LogP contribution in [-0.4, -0.2) is 34.2 Å². The van der Waals surface area contributed by atoms with Gasteiger partial charge in [-0.25, -0.2) is 0 Å². The molecular weight excluding hydrogens is 368 g/mol. The van der Waals surface area contributed by atoms with E-state index < -0.39 is 0 Å². The van der Waals surface area contributed by atoms with E-state index in [2.05, 4.69) is 6.07 Å². The molecule has 1 aliphatic carbocycles. The van der Waals surface area contributed by atoms with Crippen LogP contribution in [0.3, 0.4) is 0 Å². The summed E-state index contributed by atoms with van der Waals surface area (Å²) >= 11 is 0. The second-order valence-electron chi connectivity index (χ2n) is 7.48. The molecule has 0 spiro atoms. The van der Waals surface area contributed by atoms with Crippen LogP contribution in [0.4, 0.5) is 0 Å². The lowest BCUT2D eigenvalue weighted by Gasteiger charge is -2.17. The minimum atomic E-state index is 0.0869. The van der Waals surface area contributed by atoms with Gasteiger partial charge in [-0.15, -0.1) is 0 Å². The lowest BCUT2D eigenvalue weighted by atomic mass is 9.90. The highest BCUT2D eigenvalue weighted by atomic mass is 16.5. The van der Waals surface area contributed by atoms with Crippen molar-refractivity contribution in [1.82, 2.24) is 0 Å². The Labute approximate surface area is 170 Å². The Kier molecular flexibility index (Phi) is 5.22. The zero-order valence-corrected chi connectivity index (χ0v) is 17.3. The maximum Gasteiger partial charge on any atom is 0.161 e. The Balaban J connectivity index is 2.01. The highest BCUT2D eigenvalue weighted by Gasteiger charge is 2.26. The van der Waals surface area contributed by atoms with Crippen LogP contribution >= 0.6 is 0 Å². The predicted octanol–water partition coefficient (Wildman–Crippen LogP) is 4.94. The Morgan fingerprint density at radius 1 is 0.759 bits per heavy atom. The van der Waals surface area contributed by atoms with Crippen molar-refractivity contribution in [3.8, 4) is 23.0 Å². The number of carbonyl (C=O) groups excluding carboxylic acids is 1. The summed E-state index contributed by atoms with van der Waals surface area (Å²) in [4.78, 5) is 12.3. The summed E-state index contributed by atoms with van der Waals surface area (Å²) in [5.41, 5.74) is 1.14. The molecular formula is C24H26O5. The second kappa shape index (κ2) is 7.82. The molecule has 0 amide bonds. The van der Waals surface area contributed by atoms with Gasteiger partial charge in [0.15, 0.2) is 23.0 Å². The maximum absolute atomic E-state index is 12.3. The van der Waals surface area contributed by atoms with Crippen LogP contribution in [0.5, 0.6) is 23.0 Å². The average molecular weight is 394 g/mol. The molecule has 1 atom stereocenters. The van der Waals surface area contributed by atoms with Crippen LogP contribution < -0.4 is 18.9 Å². The van der Waals surface area contributed by atoms with Gasteiger partial charge in [0.25, 0.3) is 0 Å². The first kappa shape index (κ1) is 19.4. The van der Waals surface area contributed by atoms with Crippen molar-refractivity contribution < 1.29 is 23.7 Å². The number of rotatable bonds is 6. The van der Waals surface area contributed by atoms with E-state index >= 15 is 0 Å². The Bertz CT molecular complexity index is 1090. The van der Waals surface area contributed by atoms with E-state index in [1.807, 2.05) is 24.3 Å². The number of ether oxygens (including phenoxy) is 4. The van der Waals surface area contributed by atoms with E-state index in [1.54, 1.807) is 28.4 Å². The molecule has 1 saturated carbocycles. The van der Waals surface area contributed by atoms with Gasteiger partial charge >= 0.3 is 0 Å². The third kappa shape index (κ3) is 3.35. The molecule has 152 valence electrons. The van der Waals surface area contributed by atoms with Gasteiger partial charge in [-0.05, 0) is 70.6 Å². The second-order valence-corrected chi connectivity index (χ2v) is 7.48. The molecule has 0 N–H and O–H groups in total. The van der Waals surface area contributed by atoms with Gasteiger partial charge in [0, 0.05) is 12.3 Å². The topological polar surface area (TPSA) is 54.0 Å². The molecule has 0 heterocycles. The SMILES string of the molecule is COc1cc2cc(CC3CCCC3=O)c3cc(OC)c(OC)cc3c2cc1OC. The summed E-state index contributed by atoms with van der Waals surface area (Å²) in [6.45, 7) is 0. The molecule has 3 aromatic rings. The molecule has 3 aromatic carbocycles. The molecule has 5 heteroatoms. The first-order chi connectivity index (χ1) is 14.1. The van der Waals surface area contributed by atoms with E-state index in [4.69, 9.17) is 18.9 Å². The fourth-order valence-electron chi connectivity index (χ4n) is 4.42. The zero-order chi connectivity index (χ0) is 20.5. The van der Waals surface area contributed by atoms with Crippen LogP contribution in [0, 0.1) is 5.92 Å². The van der Waals surface area contributed by atoms with E-state index in [0.29, 0.717) is 35.2 Å². The molecule has 0 bridgehead atoms. The summed E-state index contributed by atoms with van der Waals surface area (Å²) < 4.78 is 22.1. The van der Waals surface area contributed by atoms with Gasteiger partial charge in [0.05, 0.1) is 28.4 Å². The van der Waals surface area contributed by atoms with Gasteiger partial charge in [-0.2, -0.15) is 0 Å². The molecule has 0 aromatic heterocycles. The first-order valence-corrected chi connectivity index (χ1v) is 9.85. The molecule has 0 saturated heterocycles. The Hall–Kier alpha value is -2.95. The summed E-state index contributed by atoms with van der Waals surface area (Å²) in [6, 6.07) is 10.2. The van der Waals surface area contributed by atoms with Crippen LogP contribution in [0.2, 0.25) is 0 Å². The third-order valence-corrected chi connectivity index (χ3v) is 5.94. The van der Waals surface area contributed by atoms with Gasteiger partial charge in [-0.1, -0.05) is 6.07 Å². The molecule has 0 radical (unpaired) electrons. The lowest BCUT2D eigenvalue weighted by Crippen LogP contribution is -2.10. The van der Waals surface area contributed by atoms with Gasteiger partial charge in [0.1, 0.15) is 5.78 Å². The van der Waals surface area contributed by atoms with E-state index in [9.17, 15) is 4.79 Å². The molecule has 5 nitrogen and oxygen atoms in total.